The Bertz CT molecular complexity index is 1090. The second-order valence-electron chi connectivity index (χ2n) is 8.90. The minimum Gasteiger partial charge on any atom is -0.477 e. The van der Waals surface area contributed by atoms with Crippen LogP contribution in [-0.2, 0) is 20.9 Å². The number of amides is 1. The summed E-state index contributed by atoms with van der Waals surface area (Å²) >= 11 is 0. The van der Waals surface area contributed by atoms with Gasteiger partial charge in [0.25, 0.3) is 0 Å². The zero-order valence-electron chi connectivity index (χ0n) is 18.6. The van der Waals surface area contributed by atoms with Gasteiger partial charge in [-0.3, -0.25) is 4.79 Å². The topological polar surface area (TPSA) is 94.2 Å². The van der Waals surface area contributed by atoms with Crippen molar-refractivity contribution < 1.29 is 29.1 Å². The molecule has 4 heterocycles. The molecule has 2 N–H and O–H groups in total. The van der Waals surface area contributed by atoms with Crippen molar-refractivity contribution in [2.45, 2.75) is 32.0 Å². The minimum absolute atomic E-state index is 0.0442. The molecule has 1 amide bonds. The molecule has 33 heavy (non-hydrogen) atoms. The summed E-state index contributed by atoms with van der Waals surface area (Å²) < 4.78 is 7.52. The number of carboxylic acids is 1. The van der Waals surface area contributed by atoms with E-state index in [1.54, 1.807) is 6.92 Å². The Hall–Kier alpha value is -3.23. The van der Waals surface area contributed by atoms with Gasteiger partial charge in [0.05, 0.1) is 31.3 Å². The van der Waals surface area contributed by atoms with Crippen LogP contribution in [0.1, 0.15) is 24.5 Å². The zero-order valence-corrected chi connectivity index (χ0v) is 18.6. The van der Waals surface area contributed by atoms with Crippen molar-refractivity contribution in [3.05, 3.63) is 65.6 Å². The number of aliphatic carboxylic acids is 1. The fourth-order valence-electron chi connectivity index (χ4n) is 5.14. The van der Waals surface area contributed by atoms with Crippen molar-refractivity contribution in [3.63, 3.8) is 0 Å². The van der Waals surface area contributed by atoms with Crippen molar-refractivity contribution in [3.8, 4) is 0 Å². The molecule has 3 aliphatic rings. The van der Waals surface area contributed by atoms with Gasteiger partial charge in [-0.15, -0.1) is 0 Å². The number of hydrogen-bond acceptors (Lipinski definition) is 5. The van der Waals surface area contributed by atoms with Gasteiger partial charge >= 0.3 is 5.97 Å². The highest BCUT2D eigenvalue weighted by Crippen LogP contribution is 2.46. The average molecular weight is 451 g/mol. The van der Waals surface area contributed by atoms with Gasteiger partial charge in [-0.2, -0.15) is 0 Å². The predicted octanol–water partition coefficient (Wildman–Crippen LogP) is 1.27. The van der Waals surface area contributed by atoms with E-state index in [0.29, 0.717) is 18.5 Å². The van der Waals surface area contributed by atoms with Gasteiger partial charge in [-0.1, -0.05) is 24.3 Å². The molecule has 2 fully saturated rings. The minimum atomic E-state index is -1.11. The predicted molar refractivity (Wildman–Crippen MR) is 120 cm³/mol. The van der Waals surface area contributed by atoms with Gasteiger partial charge in [-0.25, -0.2) is 9.36 Å². The van der Waals surface area contributed by atoms with E-state index >= 15 is 0 Å². The number of β-lactam (4-membered cyclic amide) rings is 1. The van der Waals surface area contributed by atoms with Crippen LogP contribution in [0.2, 0.25) is 0 Å². The quantitative estimate of drug-likeness (QED) is 0.509. The van der Waals surface area contributed by atoms with Crippen LogP contribution in [-0.4, -0.2) is 65.4 Å². The number of aliphatic hydroxyl groups is 1. The molecule has 8 nitrogen and oxygen atoms in total. The second-order valence-corrected chi connectivity index (χ2v) is 8.90. The van der Waals surface area contributed by atoms with Crippen LogP contribution >= 0.6 is 0 Å². The van der Waals surface area contributed by atoms with E-state index in [1.807, 2.05) is 24.3 Å². The molecular weight excluding hydrogens is 422 g/mol. The molecule has 172 valence electrons. The molecular formula is C25H28N3O5+. The molecule has 5 rings (SSSR count). The Labute approximate surface area is 192 Å². The maximum Gasteiger partial charge on any atom is 0.352 e. The number of morpholine rings is 1. The summed E-state index contributed by atoms with van der Waals surface area (Å²) in [6.45, 7) is 5.61. The van der Waals surface area contributed by atoms with Gasteiger partial charge in [0.15, 0.2) is 18.9 Å². The van der Waals surface area contributed by atoms with Crippen LogP contribution in [0, 0.1) is 5.92 Å². The molecule has 0 bridgehead atoms. The summed E-state index contributed by atoms with van der Waals surface area (Å²) in [6.07, 6.45) is 3.78. The number of fused-ring (bicyclic) bond motifs is 1. The van der Waals surface area contributed by atoms with Crippen molar-refractivity contribution in [2.24, 2.45) is 5.92 Å². The smallest absolute Gasteiger partial charge is 0.352 e. The van der Waals surface area contributed by atoms with E-state index in [2.05, 4.69) is 34.0 Å². The summed E-state index contributed by atoms with van der Waals surface area (Å²) in [7, 11) is 0. The molecule has 0 spiro atoms. The van der Waals surface area contributed by atoms with Gasteiger partial charge < -0.3 is 24.7 Å². The maximum atomic E-state index is 12.4. The molecule has 0 aliphatic carbocycles. The lowest BCUT2D eigenvalue weighted by atomic mass is 9.82. The molecule has 0 saturated carbocycles. The SMILES string of the molecule is C[C@@H](O)[C@H]1C(=O)N2C(C(=O)O)=C(c3ccc(C[n+]4ccc(N5CCOCC5)cc4)cc3)C[C@H]12. The van der Waals surface area contributed by atoms with E-state index in [9.17, 15) is 19.8 Å². The van der Waals surface area contributed by atoms with Crippen LogP contribution in [0.4, 0.5) is 5.69 Å². The monoisotopic (exact) mass is 450 g/mol. The number of carboxylic acid groups (broad SMARTS) is 1. The van der Waals surface area contributed by atoms with Crippen molar-refractivity contribution in [2.75, 3.05) is 31.2 Å². The highest BCUT2D eigenvalue weighted by Gasteiger charge is 2.56. The molecule has 1 aromatic heterocycles. The number of pyridine rings is 1. The Morgan fingerprint density at radius 1 is 1.15 bits per heavy atom. The first-order valence-electron chi connectivity index (χ1n) is 11.3. The number of aromatic nitrogens is 1. The summed E-state index contributed by atoms with van der Waals surface area (Å²) in [4.78, 5) is 28.0. The number of hydrogen-bond donors (Lipinski definition) is 2. The second kappa shape index (κ2) is 8.61. The third kappa shape index (κ3) is 3.89. The fraction of sp³-hybridized carbons (Fsp3) is 0.400. The van der Waals surface area contributed by atoms with Gasteiger partial charge in [0.1, 0.15) is 5.70 Å². The fourth-order valence-corrected chi connectivity index (χ4v) is 5.14. The molecule has 2 saturated heterocycles. The first kappa shape index (κ1) is 21.6. The molecule has 1 aromatic carbocycles. The highest BCUT2D eigenvalue weighted by molar-refractivity contribution is 6.06. The van der Waals surface area contributed by atoms with Crippen LogP contribution in [0.5, 0.6) is 0 Å². The molecule has 3 aliphatic heterocycles. The number of anilines is 1. The van der Waals surface area contributed by atoms with Crippen LogP contribution < -0.4 is 9.47 Å². The van der Waals surface area contributed by atoms with Crippen LogP contribution in [0.15, 0.2) is 54.5 Å². The molecule has 8 heteroatoms. The highest BCUT2D eigenvalue weighted by atomic mass is 16.5. The molecule has 0 radical (unpaired) electrons. The number of carbonyl (C=O) groups excluding carboxylic acids is 1. The Balaban J connectivity index is 1.31. The van der Waals surface area contributed by atoms with Crippen LogP contribution in [0.25, 0.3) is 5.57 Å². The lowest BCUT2D eigenvalue weighted by Crippen LogP contribution is -2.61. The number of nitrogens with zero attached hydrogens (tertiary/aromatic N) is 3. The molecule has 0 unspecified atom stereocenters. The number of benzene rings is 1. The third-order valence-electron chi connectivity index (χ3n) is 6.85. The zero-order chi connectivity index (χ0) is 23.1. The van der Waals surface area contributed by atoms with E-state index in [4.69, 9.17) is 4.74 Å². The Morgan fingerprint density at radius 2 is 1.82 bits per heavy atom. The number of ether oxygens (including phenoxy) is 1. The van der Waals surface area contributed by atoms with E-state index < -0.39 is 18.0 Å². The number of aliphatic hydroxyl groups excluding tert-OH is 1. The standard InChI is InChI=1S/C25H27N3O5/c1-16(29)22-21-14-20(23(25(31)32)28(21)24(22)30)18-4-2-17(3-5-18)15-26-8-6-19(7-9-26)27-10-12-33-13-11-27/h2-9,16,21-22,29H,10-15H2,1H3/p+1/t16-,21-,22-/m1/s1. The third-order valence-corrected chi connectivity index (χ3v) is 6.85. The largest absolute Gasteiger partial charge is 0.477 e. The normalized spacial score (nSPS) is 23.4. The lowest BCUT2D eigenvalue weighted by Gasteiger charge is -2.44. The van der Waals surface area contributed by atoms with E-state index in [-0.39, 0.29) is 17.6 Å². The van der Waals surface area contributed by atoms with Gasteiger partial charge in [-0.05, 0) is 24.5 Å². The Morgan fingerprint density at radius 3 is 2.42 bits per heavy atom. The summed E-state index contributed by atoms with van der Waals surface area (Å²) in [5, 5.41) is 19.7. The van der Waals surface area contributed by atoms with Gasteiger partial charge in [0.2, 0.25) is 5.91 Å². The first-order valence-corrected chi connectivity index (χ1v) is 11.3. The summed E-state index contributed by atoms with van der Waals surface area (Å²) in [5.41, 5.74) is 3.78. The lowest BCUT2D eigenvalue weighted by molar-refractivity contribution is -0.688. The van der Waals surface area contributed by atoms with E-state index in [0.717, 1.165) is 37.4 Å². The van der Waals surface area contributed by atoms with Crippen LogP contribution in [0.3, 0.4) is 0 Å². The molecule has 2 aromatic rings. The first-order chi connectivity index (χ1) is 15.9. The van der Waals surface area contributed by atoms with Crippen molar-refractivity contribution in [1.82, 2.24) is 4.90 Å². The Kier molecular flexibility index (Phi) is 5.64. The summed E-state index contributed by atoms with van der Waals surface area (Å²) in [5.74, 6) is -1.95. The average Bonchev–Trinajstić information content (AvgIpc) is 3.16. The van der Waals surface area contributed by atoms with Crippen molar-refractivity contribution >= 4 is 23.1 Å². The van der Waals surface area contributed by atoms with Gasteiger partial charge in [0, 0.05) is 36.5 Å². The van der Waals surface area contributed by atoms with E-state index in [1.165, 1.54) is 10.6 Å². The summed E-state index contributed by atoms with van der Waals surface area (Å²) in [6, 6.07) is 11.8. The number of rotatable bonds is 6. The number of carbonyl (C=O) groups is 2. The van der Waals surface area contributed by atoms with Crippen molar-refractivity contribution in [1.29, 1.82) is 0 Å². The molecule has 3 atom stereocenters. The maximum absolute atomic E-state index is 12.4.